The summed E-state index contributed by atoms with van der Waals surface area (Å²) in [6, 6.07) is 0.230. The first-order valence-corrected chi connectivity index (χ1v) is 7.17. The first-order chi connectivity index (χ1) is 8.63. The number of rotatable bonds is 6. The Morgan fingerprint density at radius 2 is 2.17 bits per heavy atom. The minimum Gasteiger partial charge on any atom is -0.465 e. The number of carbonyl (C=O) groups is 1. The summed E-state index contributed by atoms with van der Waals surface area (Å²) in [5, 5.41) is 0. The van der Waals surface area contributed by atoms with Crippen LogP contribution in [0.15, 0.2) is 0 Å². The van der Waals surface area contributed by atoms with Gasteiger partial charge in [-0.2, -0.15) is 0 Å². The molecule has 1 rings (SSSR count). The molecule has 3 atom stereocenters. The van der Waals surface area contributed by atoms with Gasteiger partial charge in [0.25, 0.3) is 0 Å². The van der Waals surface area contributed by atoms with Crippen LogP contribution in [0.5, 0.6) is 0 Å². The largest absolute Gasteiger partial charge is 0.465 e. The highest BCUT2D eigenvalue weighted by atomic mass is 16.5. The maximum atomic E-state index is 12.1. The fourth-order valence-corrected chi connectivity index (χ4v) is 2.53. The molecule has 1 aliphatic heterocycles. The Hall–Kier alpha value is -0.610. The summed E-state index contributed by atoms with van der Waals surface area (Å²) >= 11 is 0. The van der Waals surface area contributed by atoms with E-state index in [1.807, 2.05) is 6.92 Å². The Morgan fingerprint density at radius 3 is 2.72 bits per heavy atom. The summed E-state index contributed by atoms with van der Waals surface area (Å²) < 4.78 is 10.9. The fourth-order valence-electron chi connectivity index (χ4n) is 2.53. The third-order valence-corrected chi connectivity index (χ3v) is 3.50. The minimum atomic E-state index is -0.105. The van der Waals surface area contributed by atoms with Crippen molar-refractivity contribution < 1.29 is 14.3 Å². The normalized spacial score (nSPS) is 26.9. The summed E-state index contributed by atoms with van der Waals surface area (Å²) in [5.74, 6) is -0.0769. The van der Waals surface area contributed by atoms with Crippen molar-refractivity contribution in [2.24, 2.45) is 0 Å². The van der Waals surface area contributed by atoms with Gasteiger partial charge < -0.3 is 9.47 Å². The average molecular weight is 257 g/mol. The van der Waals surface area contributed by atoms with Gasteiger partial charge in [-0.1, -0.05) is 20.3 Å². The Morgan fingerprint density at radius 1 is 1.44 bits per heavy atom. The van der Waals surface area contributed by atoms with Gasteiger partial charge in [-0.15, -0.1) is 0 Å². The van der Waals surface area contributed by atoms with Gasteiger partial charge in [0.15, 0.2) is 0 Å². The van der Waals surface area contributed by atoms with Crippen molar-refractivity contribution in [1.82, 2.24) is 4.90 Å². The highest BCUT2D eigenvalue weighted by molar-refractivity contribution is 5.75. The van der Waals surface area contributed by atoms with Crippen molar-refractivity contribution in [3.8, 4) is 0 Å². The standard InChI is InChI=1S/C14H27NO3/c1-5-8-13(14(16)17-7-3)15-9-11(4)18-10-12(15)6-2/h11-13H,5-10H2,1-4H3. The number of nitrogens with zero attached hydrogens (tertiary/aromatic N) is 1. The molecular weight excluding hydrogens is 230 g/mol. The van der Waals surface area contributed by atoms with Crippen molar-refractivity contribution in [1.29, 1.82) is 0 Å². The highest BCUT2D eigenvalue weighted by Gasteiger charge is 2.35. The first-order valence-electron chi connectivity index (χ1n) is 7.17. The lowest BCUT2D eigenvalue weighted by molar-refractivity contribution is -0.156. The van der Waals surface area contributed by atoms with Gasteiger partial charge in [0.1, 0.15) is 6.04 Å². The van der Waals surface area contributed by atoms with E-state index in [1.54, 1.807) is 0 Å². The molecule has 0 saturated carbocycles. The molecule has 0 aromatic carbocycles. The molecule has 1 saturated heterocycles. The summed E-state index contributed by atoms with van der Waals surface area (Å²) in [4.78, 5) is 14.4. The monoisotopic (exact) mass is 257 g/mol. The second-order valence-electron chi connectivity index (χ2n) is 4.96. The zero-order valence-corrected chi connectivity index (χ0v) is 12.1. The Labute approximate surface area is 111 Å². The lowest BCUT2D eigenvalue weighted by Crippen LogP contribution is -2.55. The van der Waals surface area contributed by atoms with Crippen LogP contribution < -0.4 is 0 Å². The number of morpholine rings is 1. The zero-order valence-electron chi connectivity index (χ0n) is 12.1. The molecule has 1 aliphatic rings. The second-order valence-corrected chi connectivity index (χ2v) is 4.96. The smallest absolute Gasteiger partial charge is 0.323 e. The van der Waals surface area contributed by atoms with Crippen LogP contribution in [0.25, 0.3) is 0 Å². The van der Waals surface area contributed by atoms with E-state index < -0.39 is 0 Å². The summed E-state index contributed by atoms with van der Waals surface area (Å²) in [7, 11) is 0. The van der Waals surface area contributed by atoms with Crippen LogP contribution in [0, 0.1) is 0 Å². The topological polar surface area (TPSA) is 38.8 Å². The molecule has 18 heavy (non-hydrogen) atoms. The number of carbonyl (C=O) groups excluding carboxylic acids is 1. The van der Waals surface area contributed by atoms with Crippen LogP contribution >= 0.6 is 0 Å². The second kappa shape index (κ2) is 7.74. The highest BCUT2D eigenvalue weighted by Crippen LogP contribution is 2.21. The lowest BCUT2D eigenvalue weighted by Gasteiger charge is -2.42. The molecule has 0 radical (unpaired) electrons. The van der Waals surface area contributed by atoms with Crippen LogP contribution in [0.2, 0.25) is 0 Å². The van der Waals surface area contributed by atoms with Crippen LogP contribution in [0.1, 0.15) is 47.0 Å². The van der Waals surface area contributed by atoms with Crippen LogP contribution in [-0.4, -0.2) is 48.8 Å². The van der Waals surface area contributed by atoms with E-state index in [0.717, 1.165) is 32.4 Å². The quantitative estimate of drug-likeness (QED) is 0.684. The van der Waals surface area contributed by atoms with Gasteiger partial charge in [-0.05, 0) is 26.7 Å². The van der Waals surface area contributed by atoms with Crippen LogP contribution in [0.3, 0.4) is 0 Å². The molecule has 3 unspecified atom stereocenters. The number of hydrogen-bond donors (Lipinski definition) is 0. The Kier molecular flexibility index (Phi) is 6.65. The van der Waals surface area contributed by atoms with Crippen molar-refractivity contribution in [2.75, 3.05) is 19.8 Å². The number of ether oxygens (including phenoxy) is 2. The van der Waals surface area contributed by atoms with E-state index in [-0.39, 0.29) is 18.1 Å². The molecule has 106 valence electrons. The molecule has 1 heterocycles. The Bertz CT molecular complexity index is 257. The predicted molar refractivity (Wildman–Crippen MR) is 71.5 cm³/mol. The third-order valence-electron chi connectivity index (χ3n) is 3.50. The predicted octanol–water partition coefficient (Wildman–Crippen LogP) is 2.22. The molecule has 1 fully saturated rings. The third kappa shape index (κ3) is 3.95. The van der Waals surface area contributed by atoms with Crippen molar-refractivity contribution in [2.45, 2.75) is 65.1 Å². The van der Waals surface area contributed by atoms with Crippen molar-refractivity contribution >= 4 is 5.97 Å². The maximum absolute atomic E-state index is 12.1. The number of hydrogen-bond acceptors (Lipinski definition) is 4. The first kappa shape index (κ1) is 15.4. The van der Waals surface area contributed by atoms with E-state index in [1.165, 1.54) is 0 Å². The minimum absolute atomic E-state index is 0.0769. The van der Waals surface area contributed by atoms with Gasteiger partial charge in [0.2, 0.25) is 0 Å². The SMILES string of the molecule is CCCC(C(=O)OCC)N1CC(C)OCC1CC. The van der Waals surface area contributed by atoms with E-state index in [0.29, 0.717) is 12.6 Å². The molecular formula is C14H27NO3. The van der Waals surface area contributed by atoms with E-state index in [9.17, 15) is 4.79 Å². The number of esters is 1. The molecule has 0 N–H and O–H groups in total. The summed E-state index contributed by atoms with van der Waals surface area (Å²) in [6.45, 7) is 10.2. The van der Waals surface area contributed by atoms with E-state index >= 15 is 0 Å². The molecule has 0 bridgehead atoms. The van der Waals surface area contributed by atoms with Crippen LogP contribution in [0.4, 0.5) is 0 Å². The molecule has 0 amide bonds. The van der Waals surface area contributed by atoms with Crippen molar-refractivity contribution in [3.05, 3.63) is 0 Å². The molecule has 4 heteroatoms. The zero-order chi connectivity index (χ0) is 13.5. The maximum Gasteiger partial charge on any atom is 0.323 e. The Balaban J connectivity index is 2.76. The molecule has 0 aromatic heterocycles. The van der Waals surface area contributed by atoms with Gasteiger partial charge in [0.05, 0.1) is 19.3 Å². The molecule has 0 aromatic rings. The summed E-state index contributed by atoms with van der Waals surface area (Å²) in [5.41, 5.74) is 0. The molecule has 0 aliphatic carbocycles. The van der Waals surface area contributed by atoms with Crippen molar-refractivity contribution in [3.63, 3.8) is 0 Å². The molecule has 4 nitrogen and oxygen atoms in total. The van der Waals surface area contributed by atoms with Gasteiger partial charge >= 0.3 is 5.97 Å². The van der Waals surface area contributed by atoms with E-state index in [4.69, 9.17) is 9.47 Å². The van der Waals surface area contributed by atoms with Gasteiger partial charge in [0, 0.05) is 12.6 Å². The lowest BCUT2D eigenvalue weighted by atomic mass is 10.0. The van der Waals surface area contributed by atoms with Gasteiger partial charge in [-0.3, -0.25) is 9.69 Å². The molecule has 0 spiro atoms. The average Bonchev–Trinajstić information content (AvgIpc) is 2.36. The van der Waals surface area contributed by atoms with Gasteiger partial charge in [-0.25, -0.2) is 0 Å². The summed E-state index contributed by atoms with van der Waals surface area (Å²) in [6.07, 6.45) is 3.06. The fraction of sp³-hybridized carbons (Fsp3) is 0.929. The van der Waals surface area contributed by atoms with Crippen LogP contribution in [-0.2, 0) is 14.3 Å². The van der Waals surface area contributed by atoms with E-state index in [2.05, 4.69) is 25.7 Å².